The van der Waals surface area contributed by atoms with Gasteiger partial charge in [0.2, 0.25) is 5.13 Å². The van der Waals surface area contributed by atoms with E-state index >= 15 is 0 Å². The Morgan fingerprint density at radius 1 is 1.19 bits per heavy atom. The van der Waals surface area contributed by atoms with Crippen molar-refractivity contribution < 1.29 is 0 Å². The Labute approximate surface area is 103 Å². The molecule has 0 aliphatic carbocycles. The molecule has 6 heteroatoms. The molecule has 0 atom stereocenters. The third kappa shape index (κ3) is 2.38. The van der Waals surface area contributed by atoms with Crippen LogP contribution < -0.4 is 5.32 Å². The van der Waals surface area contributed by atoms with E-state index in [1.54, 1.807) is 22.7 Å². The zero-order valence-corrected chi connectivity index (χ0v) is 11.2. The fourth-order valence-electron chi connectivity index (χ4n) is 1.35. The second-order valence-electron chi connectivity index (χ2n) is 3.49. The van der Waals surface area contributed by atoms with E-state index in [9.17, 15) is 0 Å². The number of hydrogen-bond donors (Lipinski definition) is 1. The minimum Gasteiger partial charge on any atom is -0.360 e. The van der Waals surface area contributed by atoms with Gasteiger partial charge in [-0.25, -0.2) is 4.98 Å². The summed E-state index contributed by atoms with van der Waals surface area (Å²) in [7, 11) is 0. The van der Waals surface area contributed by atoms with Crippen molar-refractivity contribution in [1.29, 1.82) is 0 Å². The van der Waals surface area contributed by atoms with Crippen LogP contribution in [0.4, 0.5) is 5.13 Å². The van der Waals surface area contributed by atoms with E-state index < -0.39 is 0 Å². The first-order valence-corrected chi connectivity index (χ1v) is 6.85. The molecule has 2 heterocycles. The predicted molar refractivity (Wildman–Crippen MR) is 69.3 cm³/mol. The third-order valence-corrected chi connectivity index (χ3v) is 4.16. The lowest BCUT2D eigenvalue weighted by Crippen LogP contribution is -1.98. The zero-order chi connectivity index (χ0) is 11.5. The lowest BCUT2D eigenvalue weighted by molar-refractivity contribution is 0.964. The maximum atomic E-state index is 4.40. The molecule has 2 aromatic rings. The van der Waals surface area contributed by atoms with Gasteiger partial charge in [-0.05, 0) is 20.3 Å². The minimum atomic E-state index is 0.891. The van der Waals surface area contributed by atoms with Crippen molar-refractivity contribution in [3.8, 4) is 9.88 Å². The Morgan fingerprint density at radius 2 is 2.00 bits per heavy atom. The Balaban J connectivity index is 2.21. The van der Waals surface area contributed by atoms with Crippen LogP contribution in [0, 0.1) is 13.8 Å². The van der Waals surface area contributed by atoms with Gasteiger partial charge in [0, 0.05) is 6.54 Å². The monoisotopic (exact) mass is 254 g/mol. The molecule has 2 rings (SSSR count). The fraction of sp³-hybridized carbons (Fsp3) is 0.500. The summed E-state index contributed by atoms with van der Waals surface area (Å²) >= 11 is 3.26. The maximum Gasteiger partial charge on any atom is 0.206 e. The van der Waals surface area contributed by atoms with E-state index in [-0.39, 0.29) is 0 Å². The SMILES string of the molecule is CCCNc1nnc(-c2sc(C)nc2C)s1. The van der Waals surface area contributed by atoms with Crippen LogP contribution in [0.15, 0.2) is 0 Å². The molecule has 4 nitrogen and oxygen atoms in total. The van der Waals surface area contributed by atoms with Crippen molar-refractivity contribution >= 4 is 27.8 Å². The molecule has 16 heavy (non-hydrogen) atoms. The minimum absolute atomic E-state index is 0.891. The number of aromatic nitrogens is 3. The number of hydrogen-bond acceptors (Lipinski definition) is 6. The topological polar surface area (TPSA) is 50.7 Å². The molecule has 0 spiro atoms. The highest BCUT2D eigenvalue weighted by molar-refractivity contribution is 7.23. The predicted octanol–water partition coefficient (Wildman–Crippen LogP) is 3.10. The van der Waals surface area contributed by atoms with E-state index in [1.807, 2.05) is 13.8 Å². The normalized spacial score (nSPS) is 10.7. The van der Waals surface area contributed by atoms with Crippen molar-refractivity contribution in [3.63, 3.8) is 0 Å². The number of thiazole rings is 1. The maximum absolute atomic E-state index is 4.40. The summed E-state index contributed by atoms with van der Waals surface area (Å²) in [6.45, 7) is 7.10. The summed E-state index contributed by atoms with van der Waals surface area (Å²) in [5.74, 6) is 0. The quantitative estimate of drug-likeness (QED) is 0.911. The molecule has 0 aliphatic rings. The van der Waals surface area contributed by atoms with E-state index in [4.69, 9.17) is 0 Å². The largest absolute Gasteiger partial charge is 0.360 e. The molecule has 0 saturated heterocycles. The number of rotatable bonds is 4. The smallest absolute Gasteiger partial charge is 0.206 e. The molecular weight excluding hydrogens is 240 g/mol. The first-order valence-electron chi connectivity index (χ1n) is 5.22. The Hall–Kier alpha value is -1.01. The van der Waals surface area contributed by atoms with Crippen LogP contribution in [0.5, 0.6) is 0 Å². The van der Waals surface area contributed by atoms with E-state index in [0.29, 0.717) is 0 Å². The van der Waals surface area contributed by atoms with E-state index in [1.165, 1.54) is 0 Å². The molecule has 0 unspecified atom stereocenters. The van der Waals surface area contributed by atoms with Crippen LogP contribution in [0.1, 0.15) is 24.0 Å². The Morgan fingerprint density at radius 3 is 2.62 bits per heavy atom. The van der Waals surface area contributed by atoms with Crippen LogP contribution in [-0.4, -0.2) is 21.7 Å². The van der Waals surface area contributed by atoms with Crippen LogP contribution in [0.25, 0.3) is 9.88 Å². The fourth-order valence-corrected chi connectivity index (χ4v) is 3.16. The van der Waals surface area contributed by atoms with Crippen molar-refractivity contribution in [2.45, 2.75) is 27.2 Å². The van der Waals surface area contributed by atoms with Crippen molar-refractivity contribution in [1.82, 2.24) is 15.2 Å². The highest BCUT2D eigenvalue weighted by Crippen LogP contribution is 2.33. The summed E-state index contributed by atoms with van der Waals surface area (Å²) < 4.78 is 0. The van der Waals surface area contributed by atoms with Gasteiger partial charge in [-0.2, -0.15) is 0 Å². The summed E-state index contributed by atoms with van der Waals surface area (Å²) in [4.78, 5) is 5.53. The average molecular weight is 254 g/mol. The number of aryl methyl sites for hydroxylation is 2. The number of nitrogens with zero attached hydrogens (tertiary/aromatic N) is 3. The molecule has 2 aromatic heterocycles. The Bertz CT molecular complexity index is 475. The molecule has 0 radical (unpaired) electrons. The van der Waals surface area contributed by atoms with Gasteiger partial charge in [-0.1, -0.05) is 18.3 Å². The van der Waals surface area contributed by atoms with Crippen molar-refractivity contribution in [2.75, 3.05) is 11.9 Å². The second-order valence-corrected chi connectivity index (χ2v) is 5.67. The van der Waals surface area contributed by atoms with Crippen molar-refractivity contribution in [3.05, 3.63) is 10.7 Å². The molecular formula is C10H14N4S2. The molecule has 0 fully saturated rings. The van der Waals surface area contributed by atoms with Crippen LogP contribution in [-0.2, 0) is 0 Å². The number of nitrogens with one attached hydrogen (secondary N) is 1. The summed E-state index contributed by atoms with van der Waals surface area (Å²) in [5.41, 5.74) is 1.04. The molecule has 0 bridgehead atoms. The van der Waals surface area contributed by atoms with Gasteiger partial charge in [0.25, 0.3) is 0 Å². The molecule has 86 valence electrons. The van der Waals surface area contributed by atoms with Gasteiger partial charge < -0.3 is 5.32 Å². The summed E-state index contributed by atoms with van der Waals surface area (Å²) in [6, 6.07) is 0. The first kappa shape index (κ1) is 11.5. The van der Waals surface area contributed by atoms with Gasteiger partial charge >= 0.3 is 0 Å². The van der Waals surface area contributed by atoms with Crippen LogP contribution in [0.3, 0.4) is 0 Å². The summed E-state index contributed by atoms with van der Waals surface area (Å²) in [5, 5.41) is 14.5. The second kappa shape index (κ2) is 4.88. The lowest BCUT2D eigenvalue weighted by atomic mass is 10.4. The number of anilines is 1. The Kier molecular flexibility index (Phi) is 3.50. The first-order chi connectivity index (χ1) is 7.70. The van der Waals surface area contributed by atoms with Crippen LogP contribution in [0.2, 0.25) is 0 Å². The summed E-state index contributed by atoms with van der Waals surface area (Å²) in [6.07, 6.45) is 1.09. The van der Waals surface area contributed by atoms with Gasteiger partial charge in [0.1, 0.15) is 0 Å². The molecule has 0 amide bonds. The van der Waals surface area contributed by atoms with E-state index in [0.717, 1.165) is 38.7 Å². The van der Waals surface area contributed by atoms with Gasteiger partial charge in [-0.3, -0.25) is 0 Å². The highest BCUT2D eigenvalue weighted by atomic mass is 32.1. The van der Waals surface area contributed by atoms with Gasteiger partial charge in [-0.15, -0.1) is 21.5 Å². The van der Waals surface area contributed by atoms with Crippen molar-refractivity contribution in [2.24, 2.45) is 0 Å². The van der Waals surface area contributed by atoms with Crippen LogP contribution >= 0.6 is 22.7 Å². The molecule has 0 saturated carbocycles. The average Bonchev–Trinajstić information content (AvgIpc) is 2.82. The lowest BCUT2D eigenvalue weighted by Gasteiger charge is -1.95. The molecule has 0 aromatic carbocycles. The third-order valence-electron chi connectivity index (χ3n) is 2.05. The van der Waals surface area contributed by atoms with Gasteiger partial charge in [0.05, 0.1) is 15.6 Å². The van der Waals surface area contributed by atoms with Gasteiger partial charge in [0.15, 0.2) is 5.01 Å². The highest BCUT2D eigenvalue weighted by Gasteiger charge is 2.12. The zero-order valence-electron chi connectivity index (χ0n) is 9.57. The standard InChI is InChI=1S/C10H14N4S2/c1-4-5-11-10-14-13-9(16-10)8-6(2)12-7(3)15-8/h4-5H2,1-3H3,(H,11,14). The molecule has 1 N–H and O–H groups in total. The van der Waals surface area contributed by atoms with E-state index in [2.05, 4.69) is 27.4 Å². The molecule has 0 aliphatic heterocycles.